The normalized spacial score (nSPS) is 11.2. The Hall–Kier alpha value is -1.16. The van der Waals surface area contributed by atoms with Crippen LogP contribution in [0, 0.1) is 20.8 Å². The summed E-state index contributed by atoms with van der Waals surface area (Å²) in [5.41, 5.74) is 2.77. The standard InChI is InChI=1S/C12H16N2OS/c1-5-6-10(15)11-7(2)13-12-14(11)8(3)9(4)16-12/h5-6H2,1-4H3. The third-order valence-electron chi connectivity index (χ3n) is 2.85. The number of thiazole rings is 1. The van der Waals surface area contributed by atoms with Crippen LogP contribution >= 0.6 is 11.3 Å². The van der Waals surface area contributed by atoms with E-state index >= 15 is 0 Å². The maximum atomic E-state index is 12.0. The molecule has 0 atom stereocenters. The van der Waals surface area contributed by atoms with E-state index in [1.54, 1.807) is 11.3 Å². The van der Waals surface area contributed by atoms with E-state index < -0.39 is 0 Å². The van der Waals surface area contributed by atoms with E-state index in [4.69, 9.17) is 0 Å². The number of carbonyl (C=O) groups is 1. The first kappa shape index (κ1) is 11.3. The Balaban J connectivity index is 2.66. The molecular weight excluding hydrogens is 220 g/mol. The zero-order chi connectivity index (χ0) is 11.9. The second kappa shape index (κ2) is 4.01. The van der Waals surface area contributed by atoms with Crippen LogP contribution in [0.4, 0.5) is 0 Å². The van der Waals surface area contributed by atoms with Gasteiger partial charge in [-0.1, -0.05) is 6.92 Å². The largest absolute Gasteiger partial charge is 0.292 e. The molecule has 2 rings (SSSR count). The van der Waals surface area contributed by atoms with Crippen LogP contribution in [-0.4, -0.2) is 15.2 Å². The Labute approximate surface area is 99.1 Å². The number of aromatic nitrogens is 2. The topological polar surface area (TPSA) is 34.4 Å². The fourth-order valence-corrected chi connectivity index (χ4v) is 2.94. The van der Waals surface area contributed by atoms with E-state index in [0.717, 1.165) is 28.5 Å². The van der Waals surface area contributed by atoms with Crippen molar-refractivity contribution in [2.24, 2.45) is 0 Å². The Kier molecular flexibility index (Phi) is 2.84. The van der Waals surface area contributed by atoms with E-state index in [-0.39, 0.29) is 5.78 Å². The van der Waals surface area contributed by atoms with Crippen molar-refractivity contribution < 1.29 is 4.79 Å². The van der Waals surface area contributed by atoms with Gasteiger partial charge in [0.25, 0.3) is 0 Å². The summed E-state index contributed by atoms with van der Waals surface area (Å²) in [5, 5.41) is 0. The minimum absolute atomic E-state index is 0.202. The average Bonchev–Trinajstić information content (AvgIpc) is 2.65. The van der Waals surface area contributed by atoms with Crippen molar-refractivity contribution in [3.8, 4) is 0 Å². The van der Waals surface area contributed by atoms with Gasteiger partial charge in [-0.2, -0.15) is 0 Å². The summed E-state index contributed by atoms with van der Waals surface area (Å²) in [4.78, 5) is 18.7. The first-order valence-electron chi connectivity index (χ1n) is 5.54. The molecule has 0 radical (unpaired) electrons. The fourth-order valence-electron chi connectivity index (χ4n) is 1.92. The number of imidazole rings is 1. The number of hydrogen-bond donors (Lipinski definition) is 0. The lowest BCUT2D eigenvalue weighted by atomic mass is 10.1. The molecule has 2 heterocycles. The van der Waals surface area contributed by atoms with Crippen molar-refractivity contribution in [3.63, 3.8) is 0 Å². The molecule has 16 heavy (non-hydrogen) atoms. The van der Waals surface area contributed by atoms with Crippen LogP contribution in [0.25, 0.3) is 4.96 Å². The van der Waals surface area contributed by atoms with Crippen LogP contribution in [0.3, 0.4) is 0 Å². The average molecular weight is 236 g/mol. The van der Waals surface area contributed by atoms with Gasteiger partial charge < -0.3 is 0 Å². The third-order valence-corrected chi connectivity index (χ3v) is 3.91. The number of carbonyl (C=O) groups excluding carboxylic acids is 1. The number of ketones is 1. The molecule has 0 saturated heterocycles. The molecule has 2 aromatic heterocycles. The minimum atomic E-state index is 0.202. The summed E-state index contributed by atoms with van der Waals surface area (Å²) >= 11 is 1.65. The molecular formula is C12H16N2OS. The lowest BCUT2D eigenvalue weighted by Crippen LogP contribution is -2.05. The molecule has 0 aliphatic heterocycles. The van der Waals surface area contributed by atoms with Gasteiger partial charge in [0.2, 0.25) is 0 Å². The summed E-state index contributed by atoms with van der Waals surface area (Å²) < 4.78 is 2.01. The molecule has 0 bridgehead atoms. The van der Waals surface area contributed by atoms with Crippen molar-refractivity contribution >= 4 is 22.1 Å². The smallest absolute Gasteiger partial charge is 0.194 e. The lowest BCUT2D eigenvalue weighted by molar-refractivity contribution is 0.0975. The number of rotatable bonds is 3. The van der Waals surface area contributed by atoms with Gasteiger partial charge in [0.1, 0.15) is 5.69 Å². The lowest BCUT2D eigenvalue weighted by Gasteiger charge is -2.01. The van der Waals surface area contributed by atoms with Crippen LogP contribution in [-0.2, 0) is 0 Å². The van der Waals surface area contributed by atoms with Crippen LogP contribution in [0.2, 0.25) is 0 Å². The molecule has 0 fully saturated rings. The maximum Gasteiger partial charge on any atom is 0.194 e. The molecule has 0 spiro atoms. The summed E-state index contributed by atoms with van der Waals surface area (Å²) in [7, 11) is 0. The van der Waals surface area contributed by atoms with Gasteiger partial charge in [-0.25, -0.2) is 4.98 Å². The molecule has 0 aliphatic rings. The molecule has 4 heteroatoms. The first-order chi connectivity index (χ1) is 7.56. The van der Waals surface area contributed by atoms with Gasteiger partial charge in [0.15, 0.2) is 10.7 Å². The van der Waals surface area contributed by atoms with Crippen LogP contribution in [0.1, 0.15) is 46.5 Å². The second-order valence-corrected chi connectivity index (χ2v) is 5.26. The number of hydrogen-bond acceptors (Lipinski definition) is 3. The summed E-state index contributed by atoms with van der Waals surface area (Å²) in [6.45, 7) is 8.05. The van der Waals surface area contributed by atoms with Gasteiger partial charge in [0.05, 0.1) is 5.69 Å². The first-order valence-corrected chi connectivity index (χ1v) is 6.36. The molecule has 86 valence electrons. The van der Waals surface area contributed by atoms with Crippen molar-refractivity contribution in [2.75, 3.05) is 0 Å². The van der Waals surface area contributed by atoms with Gasteiger partial charge >= 0.3 is 0 Å². The molecule has 0 N–H and O–H groups in total. The van der Waals surface area contributed by atoms with E-state index in [9.17, 15) is 4.79 Å². The predicted molar refractivity (Wildman–Crippen MR) is 66.5 cm³/mol. The fraction of sp³-hybridized carbons (Fsp3) is 0.500. The molecule has 0 aromatic carbocycles. The molecule has 2 aromatic rings. The molecule has 0 amide bonds. The summed E-state index contributed by atoms with van der Waals surface area (Å²) in [6.07, 6.45) is 1.48. The van der Waals surface area contributed by atoms with Crippen molar-refractivity contribution in [2.45, 2.75) is 40.5 Å². The Morgan fingerprint density at radius 1 is 1.38 bits per heavy atom. The highest BCUT2D eigenvalue weighted by Crippen LogP contribution is 2.25. The monoisotopic (exact) mass is 236 g/mol. The van der Waals surface area contributed by atoms with Crippen molar-refractivity contribution in [1.29, 1.82) is 0 Å². The number of aryl methyl sites for hydroxylation is 3. The Morgan fingerprint density at radius 2 is 2.06 bits per heavy atom. The van der Waals surface area contributed by atoms with Gasteiger partial charge in [-0.3, -0.25) is 9.20 Å². The van der Waals surface area contributed by atoms with Crippen molar-refractivity contribution in [1.82, 2.24) is 9.38 Å². The van der Waals surface area contributed by atoms with Crippen molar-refractivity contribution in [3.05, 3.63) is 22.0 Å². The third kappa shape index (κ3) is 1.57. The SMILES string of the molecule is CCCC(=O)c1c(C)nc2sc(C)c(C)n12. The summed E-state index contributed by atoms with van der Waals surface area (Å²) in [6, 6.07) is 0. The van der Waals surface area contributed by atoms with E-state index in [2.05, 4.69) is 11.9 Å². The highest BCUT2D eigenvalue weighted by atomic mass is 32.1. The molecule has 0 aliphatic carbocycles. The summed E-state index contributed by atoms with van der Waals surface area (Å²) in [5.74, 6) is 0.202. The van der Waals surface area contributed by atoms with Gasteiger partial charge in [0, 0.05) is 17.0 Å². The minimum Gasteiger partial charge on any atom is -0.292 e. The zero-order valence-corrected chi connectivity index (χ0v) is 10.9. The predicted octanol–water partition coefficient (Wildman–Crippen LogP) is 3.30. The number of nitrogens with zero attached hydrogens (tertiary/aromatic N) is 2. The Bertz CT molecular complexity index is 551. The van der Waals surface area contributed by atoms with Gasteiger partial charge in [-0.15, -0.1) is 11.3 Å². The number of fused-ring (bicyclic) bond motifs is 1. The van der Waals surface area contributed by atoms with Crippen LogP contribution in [0.15, 0.2) is 0 Å². The zero-order valence-electron chi connectivity index (χ0n) is 10.1. The highest BCUT2D eigenvalue weighted by molar-refractivity contribution is 7.17. The van der Waals surface area contributed by atoms with E-state index in [0.29, 0.717) is 6.42 Å². The van der Waals surface area contributed by atoms with Gasteiger partial charge in [-0.05, 0) is 27.2 Å². The maximum absolute atomic E-state index is 12.0. The molecule has 0 unspecified atom stereocenters. The van der Waals surface area contributed by atoms with E-state index in [1.165, 1.54) is 4.88 Å². The number of Topliss-reactive ketones (excluding diaryl/α,β-unsaturated/α-hetero) is 1. The highest BCUT2D eigenvalue weighted by Gasteiger charge is 2.19. The molecule has 3 nitrogen and oxygen atoms in total. The molecule has 0 saturated carbocycles. The van der Waals surface area contributed by atoms with Crippen LogP contribution < -0.4 is 0 Å². The van der Waals surface area contributed by atoms with E-state index in [1.807, 2.05) is 25.2 Å². The second-order valence-electron chi connectivity index (χ2n) is 4.08. The Morgan fingerprint density at radius 3 is 2.69 bits per heavy atom. The van der Waals surface area contributed by atoms with Crippen LogP contribution in [0.5, 0.6) is 0 Å². The quantitative estimate of drug-likeness (QED) is 0.766.